The van der Waals surface area contributed by atoms with Gasteiger partial charge in [-0.25, -0.2) is 13.1 Å². The van der Waals surface area contributed by atoms with Crippen molar-refractivity contribution < 1.29 is 8.42 Å². The Bertz CT molecular complexity index is 534. The summed E-state index contributed by atoms with van der Waals surface area (Å²) in [6.07, 6.45) is 5.99. The minimum Gasteiger partial charge on any atom is -0.313 e. The molecule has 1 heterocycles. The third-order valence-corrected chi connectivity index (χ3v) is 5.30. The van der Waals surface area contributed by atoms with Crippen molar-refractivity contribution in [3.8, 4) is 0 Å². The quantitative estimate of drug-likeness (QED) is 0.643. The highest BCUT2D eigenvalue weighted by molar-refractivity contribution is 7.89. The van der Waals surface area contributed by atoms with E-state index in [1.807, 2.05) is 6.92 Å². The summed E-state index contributed by atoms with van der Waals surface area (Å²) in [5, 5.41) is 9.76. The highest BCUT2D eigenvalue weighted by Crippen LogP contribution is 2.49. The maximum atomic E-state index is 12.3. The standard InChI is InChI=1S/C13H24N4O2S/c1-3-5-13(6-7-13)10-16-20(18,19)12-11(8-14-4-2)9-15-17-12/h9,14,16H,3-8,10H2,1-2H3,(H,15,17). The largest absolute Gasteiger partial charge is 0.313 e. The lowest BCUT2D eigenvalue weighted by molar-refractivity contribution is 0.448. The van der Waals surface area contributed by atoms with Crippen molar-refractivity contribution in [1.29, 1.82) is 0 Å². The van der Waals surface area contributed by atoms with Crippen LogP contribution >= 0.6 is 0 Å². The Balaban J connectivity index is 2.01. The lowest BCUT2D eigenvalue weighted by atomic mass is 10.0. The van der Waals surface area contributed by atoms with Crippen LogP contribution in [-0.4, -0.2) is 31.7 Å². The van der Waals surface area contributed by atoms with Crippen LogP contribution in [0.1, 0.15) is 45.1 Å². The zero-order valence-electron chi connectivity index (χ0n) is 12.2. The van der Waals surface area contributed by atoms with Gasteiger partial charge in [0.15, 0.2) is 5.03 Å². The highest BCUT2D eigenvalue weighted by atomic mass is 32.2. The average molecular weight is 300 g/mol. The van der Waals surface area contributed by atoms with Gasteiger partial charge in [-0.05, 0) is 31.2 Å². The molecule has 1 aliphatic carbocycles. The fourth-order valence-corrected chi connectivity index (χ4v) is 3.74. The molecule has 1 aliphatic rings. The van der Waals surface area contributed by atoms with Gasteiger partial charge in [0.25, 0.3) is 10.0 Å². The second-order valence-corrected chi connectivity index (χ2v) is 7.28. The van der Waals surface area contributed by atoms with E-state index >= 15 is 0 Å². The van der Waals surface area contributed by atoms with Crippen LogP contribution < -0.4 is 10.0 Å². The summed E-state index contributed by atoms with van der Waals surface area (Å²) in [6, 6.07) is 0. The Morgan fingerprint density at radius 1 is 1.40 bits per heavy atom. The first kappa shape index (κ1) is 15.5. The van der Waals surface area contributed by atoms with Crippen LogP contribution in [0.3, 0.4) is 0 Å². The third kappa shape index (κ3) is 3.59. The first-order chi connectivity index (χ1) is 9.53. The van der Waals surface area contributed by atoms with E-state index in [9.17, 15) is 8.42 Å². The molecule has 6 nitrogen and oxygen atoms in total. The van der Waals surface area contributed by atoms with Crippen LogP contribution in [0.5, 0.6) is 0 Å². The molecule has 114 valence electrons. The lowest BCUT2D eigenvalue weighted by Crippen LogP contribution is -2.31. The minimum absolute atomic E-state index is 0.186. The molecule has 0 saturated heterocycles. The molecule has 0 radical (unpaired) electrons. The average Bonchev–Trinajstić information content (AvgIpc) is 3.01. The molecular weight excluding hydrogens is 276 g/mol. The number of sulfonamides is 1. The number of aromatic nitrogens is 2. The summed E-state index contributed by atoms with van der Waals surface area (Å²) >= 11 is 0. The van der Waals surface area contributed by atoms with Crippen LogP contribution in [0.15, 0.2) is 11.2 Å². The molecule has 1 saturated carbocycles. The van der Waals surface area contributed by atoms with E-state index in [0.29, 0.717) is 18.7 Å². The first-order valence-electron chi connectivity index (χ1n) is 7.25. The van der Waals surface area contributed by atoms with Crippen LogP contribution in [0.4, 0.5) is 0 Å². The Morgan fingerprint density at radius 3 is 2.75 bits per heavy atom. The van der Waals surface area contributed by atoms with Crippen LogP contribution in [0.25, 0.3) is 0 Å². The third-order valence-electron chi connectivity index (χ3n) is 3.89. The summed E-state index contributed by atoms with van der Waals surface area (Å²) in [7, 11) is -3.50. The van der Waals surface area contributed by atoms with Gasteiger partial charge >= 0.3 is 0 Å². The zero-order valence-corrected chi connectivity index (χ0v) is 13.0. The molecular formula is C13H24N4O2S. The fraction of sp³-hybridized carbons (Fsp3) is 0.769. The molecule has 7 heteroatoms. The van der Waals surface area contributed by atoms with Crippen molar-refractivity contribution in [3.05, 3.63) is 11.8 Å². The van der Waals surface area contributed by atoms with Crippen molar-refractivity contribution in [3.63, 3.8) is 0 Å². The lowest BCUT2D eigenvalue weighted by Gasteiger charge is -2.15. The molecule has 1 aromatic rings. The molecule has 1 aromatic heterocycles. The number of hydrogen-bond acceptors (Lipinski definition) is 4. The number of rotatable bonds is 9. The van der Waals surface area contributed by atoms with Gasteiger partial charge in [0.1, 0.15) is 0 Å². The maximum Gasteiger partial charge on any atom is 0.257 e. The number of nitrogens with zero attached hydrogens (tertiary/aromatic N) is 1. The van der Waals surface area contributed by atoms with Gasteiger partial charge in [-0.2, -0.15) is 5.10 Å². The van der Waals surface area contributed by atoms with Gasteiger partial charge in [-0.3, -0.25) is 5.10 Å². The van der Waals surface area contributed by atoms with Crippen molar-refractivity contribution in [2.24, 2.45) is 5.41 Å². The monoisotopic (exact) mass is 300 g/mol. The number of H-pyrrole nitrogens is 1. The predicted molar refractivity (Wildman–Crippen MR) is 77.7 cm³/mol. The van der Waals surface area contributed by atoms with Crippen molar-refractivity contribution >= 4 is 10.0 Å². The van der Waals surface area contributed by atoms with Crippen LogP contribution in [0, 0.1) is 5.41 Å². The molecule has 0 aromatic carbocycles. The molecule has 0 amide bonds. The van der Waals surface area contributed by atoms with Gasteiger partial charge in [-0.15, -0.1) is 0 Å². The van der Waals surface area contributed by atoms with Gasteiger partial charge in [0.05, 0.1) is 6.20 Å². The van der Waals surface area contributed by atoms with Crippen molar-refractivity contribution in [1.82, 2.24) is 20.2 Å². The smallest absolute Gasteiger partial charge is 0.257 e. The molecule has 0 aliphatic heterocycles. The summed E-state index contributed by atoms with van der Waals surface area (Å²) in [5.74, 6) is 0. The first-order valence-corrected chi connectivity index (χ1v) is 8.74. The molecule has 1 fully saturated rings. The summed E-state index contributed by atoms with van der Waals surface area (Å²) in [6.45, 7) is 5.94. The molecule has 0 unspecified atom stereocenters. The SMILES string of the molecule is CCCC1(CNS(=O)(=O)c2[nH]ncc2CNCC)CC1. The zero-order chi connectivity index (χ0) is 14.6. The molecule has 0 bridgehead atoms. The molecule has 0 spiro atoms. The van der Waals surface area contributed by atoms with Gasteiger partial charge < -0.3 is 5.32 Å². The van der Waals surface area contributed by atoms with E-state index in [2.05, 4.69) is 27.2 Å². The van der Waals surface area contributed by atoms with E-state index < -0.39 is 10.0 Å². The summed E-state index contributed by atoms with van der Waals surface area (Å²) in [5.41, 5.74) is 0.878. The van der Waals surface area contributed by atoms with Crippen molar-refractivity contribution in [2.75, 3.05) is 13.1 Å². The Morgan fingerprint density at radius 2 is 2.15 bits per heavy atom. The van der Waals surface area contributed by atoms with E-state index in [1.165, 1.54) is 0 Å². The van der Waals surface area contributed by atoms with E-state index in [1.54, 1.807) is 6.20 Å². The number of aromatic amines is 1. The number of nitrogens with one attached hydrogen (secondary N) is 3. The Hall–Kier alpha value is -0.920. The highest BCUT2D eigenvalue weighted by Gasteiger charge is 2.42. The van der Waals surface area contributed by atoms with E-state index in [4.69, 9.17) is 0 Å². The normalized spacial score (nSPS) is 17.3. The van der Waals surface area contributed by atoms with Gasteiger partial charge in [0, 0.05) is 18.7 Å². The van der Waals surface area contributed by atoms with E-state index in [0.717, 1.165) is 32.2 Å². The van der Waals surface area contributed by atoms with Crippen LogP contribution in [-0.2, 0) is 16.6 Å². The predicted octanol–water partition coefficient (Wildman–Crippen LogP) is 1.38. The molecule has 20 heavy (non-hydrogen) atoms. The second-order valence-electron chi connectivity index (χ2n) is 5.58. The summed E-state index contributed by atoms with van der Waals surface area (Å²) in [4.78, 5) is 0. The topological polar surface area (TPSA) is 86.9 Å². The number of hydrogen-bond donors (Lipinski definition) is 3. The molecule has 2 rings (SSSR count). The maximum absolute atomic E-state index is 12.3. The van der Waals surface area contributed by atoms with Gasteiger partial charge in [0.2, 0.25) is 0 Å². The van der Waals surface area contributed by atoms with Crippen molar-refractivity contribution in [2.45, 2.75) is 51.1 Å². The Kier molecular flexibility index (Phi) is 4.82. The molecule has 0 atom stereocenters. The second kappa shape index (κ2) is 6.24. The van der Waals surface area contributed by atoms with Gasteiger partial charge in [-0.1, -0.05) is 20.3 Å². The van der Waals surface area contributed by atoms with E-state index in [-0.39, 0.29) is 10.4 Å². The minimum atomic E-state index is -3.50. The Labute approximate surface area is 120 Å². The fourth-order valence-electron chi connectivity index (χ4n) is 2.46. The molecule has 3 N–H and O–H groups in total. The summed E-state index contributed by atoms with van der Waals surface area (Å²) < 4.78 is 27.4. The van der Waals surface area contributed by atoms with Crippen LogP contribution in [0.2, 0.25) is 0 Å².